The van der Waals surface area contributed by atoms with Crippen LogP contribution in [0.1, 0.15) is 126 Å². The van der Waals surface area contributed by atoms with Crippen LogP contribution < -0.4 is 60.8 Å². The van der Waals surface area contributed by atoms with Crippen LogP contribution in [-0.4, -0.2) is 94.9 Å². The predicted molar refractivity (Wildman–Crippen MR) is 295 cm³/mol. The number of benzene rings is 4. The third-order valence-electron chi connectivity index (χ3n) is 11.1. The normalized spacial score (nSPS) is 13.9. The minimum absolute atomic E-state index is 0.00356. The Hall–Kier alpha value is -5.83. The van der Waals surface area contributed by atoms with Crippen molar-refractivity contribution in [2.45, 2.75) is 169 Å². The first-order chi connectivity index (χ1) is 38.1. The average molecular weight is 1230 g/mol. The molecule has 0 radical (unpaired) electrons. The van der Waals surface area contributed by atoms with Gasteiger partial charge in [0.05, 0.1) is 13.2 Å². The Morgan fingerprint density at radius 1 is 0.405 bits per heavy atom. The zero-order valence-electron chi connectivity index (χ0n) is 49.8. The molecule has 4 aromatic rings. The predicted octanol–water partition coefficient (Wildman–Crippen LogP) is 14.0. The van der Waals surface area contributed by atoms with Gasteiger partial charge in [-0.25, -0.2) is 4.39 Å². The molecule has 9 N–H and O–H groups in total. The van der Waals surface area contributed by atoms with E-state index in [1.165, 1.54) is 48.5 Å². The highest BCUT2D eigenvalue weighted by Gasteiger charge is 2.35. The highest BCUT2D eigenvalue weighted by molar-refractivity contribution is 5.47. The van der Waals surface area contributed by atoms with E-state index in [4.69, 9.17) is 41.9 Å². The quantitative estimate of drug-likeness (QED) is 0.0525. The van der Waals surface area contributed by atoms with Crippen molar-refractivity contribution in [3.63, 3.8) is 0 Å². The molecule has 4 aromatic carbocycles. The summed E-state index contributed by atoms with van der Waals surface area (Å²) in [6, 6.07) is 16.0. The average Bonchev–Trinajstić information content (AvgIpc) is 3.25. The van der Waals surface area contributed by atoms with Gasteiger partial charge in [-0.05, 0) is 88.1 Å². The molecule has 0 amide bonds. The maximum Gasteiger partial charge on any atom is 0.573 e. The number of rotatable bonds is 20. The Morgan fingerprint density at radius 3 is 0.917 bits per heavy atom. The number of alkyl halides is 13. The summed E-state index contributed by atoms with van der Waals surface area (Å²) in [6.45, 7) is 27.3. The number of aliphatic hydroxyl groups excluding tert-OH is 1. The molecule has 84 heavy (non-hydrogen) atoms. The van der Waals surface area contributed by atoms with Crippen molar-refractivity contribution in [3.05, 3.63) is 95.1 Å². The third kappa shape index (κ3) is 31.4. The van der Waals surface area contributed by atoms with E-state index in [0.29, 0.717) is 48.8 Å². The van der Waals surface area contributed by atoms with Gasteiger partial charge in [-0.1, -0.05) is 114 Å². The van der Waals surface area contributed by atoms with Gasteiger partial charge in [-0.3, -0.25) is 0 Å². The molecule has 0 aliphatic heterocycles. The van der Waals surface area contributed by atoms with Gasteiger partial charge in [0, 0.05) is 49.3 Å². The van der Waals surface area contributed by atoms with Crippen LogP contribution in [-0.2, 0) is 21.7 Å². The summed E-state index contributed by atoms with van der Waals surface area (Å²) < 4.78 is 198. The van der Waals surface area contributed by atoms with Crippen molar-refractivity contribution in [2.24, 2.45) is 28.9 Å². The first-order valence-corrected chi connectivity index (χ1v) is 26.4. The van der Waals surface area contributed by atoms with Crippen molar-refractivity contribution in [1.29, 1.82) is 0 Å². The van der Waals surface area contributed by atoms with Gasteiger partial charge in [0.2, 0.25) is 0 Å². The Morgan fingerprint density at radius 2 is 0.679 bits per heavy atom. The maximum atomic E-state index is 13.2. The van der Waals surface area contributed by atoms with E-state index in [1.54, 1.807) is 12.1 Å². The minimum atomic E-state index is -4.79. The van der Waals surface area contributed by atoms with Gasteiger partial charge in [0.25, 0.3) is 0 Å². The number of ether oxygens (including phenoxy) is 8. The molecule has 0 aliphatic rings. The lowest BCUT2D eigenvalue weighted by Gasteiger charge is -2.24. The molecule has 0 spiro atoms. The van der Waals surface area contributed by atoms with Crippen LogP contribution >= 0.6 is 0 Å². The molecule has 0 saturated heterocycles. The number of hydrogen-bond donors (Lipinski definition) is 5. The molecule has 0 saturated carbocycles. The second-order valence-corrected chi connectivity index (χ2v) is 23.4. The summed E-state index contributed by atoms with van der Waals surface area (Å²) in [6.07, 6.45) is -20.6. The molecular formula is C58H83F13N4O9. The molecule has 0 fully saturated rings. The van der Waals surface area contributed by atoms with E-state index in [2.05, 4.69) is 18.9 Å². The summed E-state index contributed by atoms with van der Waals surface area (Å²) in [7, 11) is 0. The largest absolute Gasteiger partial charge is 0.573 e. The van der Waals surface area contributed by atoms with Crippen molar-refractivity contribution in [1.82, 2.24) is 0 Å². The summed E-state index contributed by atoms with van der Waals surface area (Å²) >= 11 is 0. The highest BCUT2D eigenvalue weighted by atomic mass is 19.4. The van der Waals surface area contributed by atoms with Crippen LogP contribution in [0.2, 0.25) is 0 Å². The first kappa shape index (κ1) is 76.2. The second kappa shape index (κ2) is 32.1. The molecule has 0 bridgehead atoms. The van der Waals surface area contributed by atoms with E-state index >= 15 is 0 Å². The topological polar surface area (TPSA) is 198 Å². The molecular weight excluding hydrogens is 1140 g/mol. The Kier molecular flexibility index (Phi) is 29.1. The van der Waals surface area contributed by atoms with Gasteiger partial charge >= 0.3 is 25.4 Å². The summed E-state index contributed by atoms with van der Waals surface area (Å²) in [5, 5.41) is 9.41. The van der Waals surface area contributed by atoms with Gasteiger partial charge in [0.15, 0.2) is 0 Å². The van der Waals surface area contributed by atoms with Gasteiger partial charge in [-0.2, -0.15) is 0 Å². The van der Waals surface area contributed by atoms with Crippen LogP contribution in [0.25, 0.3) is 0 Å². The van der Waals surface area contributed by atoms with Crippen molar-refractivity contribution < 1.29 is 100 Å². The van der Waals surface area contributed by atoms with E-state index in [9.17, 15) is 62.2 Å². The standard InChI is InChI=1S/2C15H22F3NO2.C14H19F4NO2.C14H20F3NO3/c1-10(8-19)9-20-13-7-11(21-15(16,17)18)5-6-12(13)14(2,3)4;1-10(19)7-8-20-13-9-11(21-15(16,17)18)5-6-12(13)14(2,3)4;1-13(2,3)11-5-4-10(21-14(16,17)18)6-12(11)20-8-9(15)7-19;1-13(2,3)11-5-4-10(21-14(15,16)17)6-12(11)20-8-9(19)7-18/h5-7,10H,8-9,19H2,1-4H3;5-6,9-10H,7-8,19H2,1-4H3;4-6,9H,7-8,19H2,1-3H3;4-6,9,19H,7-8,18H2,1-3H3. The van der Waals surface area contributed by atoms with Crippen LogP contribution in [0.5, 0.6) is 46.0 Å². The lowest BCUT2D eigenvalue weighted by atomic mass is 9.86. The second-order valence-electron chi connectivity index (χ2n) is 23.4. The van der Waals surface area contributed by atoms with Crippen LogP contribution in [0, 0.1) is 5.92 Å². The number of halogens is 13. The molecule has 4 atom stereocenters. The minimum Gasteiger partial charge on any atom is -0.493 e. The Balaban J connectivity index is 0.000000560. The molecule has 13 nitrogen and oxygen atoms in total. The lowest BCUT2D eigenvalue weighted by molar-refractivity contribution is -0.275. The number of hydrogen-bond acceptors (Lipinski definition) is 13. The summed E-state index contributed by atoms with van der Waals surface area (Å²) in [5.41, 5.74) is 23.4. The molecule has 480 valence electrons. The maximum absolute atomic E-state index is 13.2. The Labute approximate surface area is 483 Å². The van der Waals surface area contributed by atoms with Crippen molar-refractivity contribution >= 4 is 0 Å². The Bertz CT molecular complexity index is 2360. The SMILES string of the molecule is CC(C)(C)c1ccc(OC(F)(F)F)cc1OCC(F)CN.CC(C)(C)c1ccc(OC(F)(F)F)cc1OCC(O)CN.CC(CN)COc1cc(OC(F)(F)F)ccc1C(C)(C)C.CC(N)CCOc1cc(OC(F)(F)F)ccc1C(C)(C)C. The summed E-state index contributed by atoms with van der Waals surface area (Å²) in [4.78, 5) is 0. The molecule has 26 heteroatoms. The van der Waals surface area contributed by atoms with Crippen LogP contribution in [0.15, 0.2) is 72.8 Å². The first-order valence-electron chi connectivity index (χ1n) is 26.4. The van der Waals surface area contributed by atoms with E-state index in [1.807, 2.05) is 96.9 Å². The molecule has 0 heterocycles. The molecule has 4 rings (SSSR count). The zero-order valence-corrected chi connectivity index (χ0v) is 49.8. The van der Waals surface area contributed by atoms with Crippen molar-refractivity contribution in [2.75, 3.05) is 46.1 Å². The monoisotopic (exact) mass is 1230 g/mol. The summed E-state index contributed by atoms with van der Waals surface area (Å²) in [5.74, 6) is -0.0600. The molecule has 0 aliphatic carbocycles. The van der Waals surface area contributed by atoms with Gasteiger partial charge < -0.3 is 65.9 Å². The van der Waals surface area contributed by atoms with Crippen LogP contribution in [0.4, 0.5) is 57.1 Å². The third-order valence-corrected chi connectivity index (χ3v) is 11.1. The molecule has 4 unspecified atom stereocenters. The molecule has 0 aromatic heterocycles. The smallest absolute Gasteiger partial charge is 0.493 e. The fourth-order valence-electron chi connectivity index (χ4n) is 6.91. The highest BCUT2D eigenvalue weighted by Crippen LogP contribution is 2.40. The number of aliphatic hydroxyl groups is 1. The van der Waals surface area contributed by atoms with E-state index in [0.717, 1.165) is 23.3 Å². The van der Waals surface area contributed by atoms with Crippen molar-refractivity contribution in [3.8, 4) is 46.0 Å². The van der Waals surface area contributed by atoms with Gasteiger partial charge in [0.1, 0.15) is 71.5 Å². The van der Waals surface area contributed by atoms with E-state index < -0.39 is 43.5 Å². The zero-order chi connectivity index (χ0) is 65.0. The number of nitrogens with two attached hydrogens (primary N) is 4. The lowest BCUT2D eigenvalue weighted by Crippen LogP contribution is -2.27. The van der Waals surface area contributed by atoms with Crippen LogP contribution in [0.3, 0.4) is 0 Å². The fraction of sp³-hybridized carbons (Fsp3) is 0.586. The van der Waals surface area contributed by atoms with Gasteiger partial charge in [-0.15, -0.1) is 52.7 Å². The van der Waals surface area contributed by atoms with E-state index in [-0.39, 0.29) is 88.7 Å². The fourth-order valence-corrected chi connectivity index (χ4v) is 6.91.